The minimum Gasteiger partial charge on any atom is -0.480 e. The van der Waals surface area contributed by atoms with Gasteiger partial charge in [-0.2, -0.15) is 0 Å². The number of nitrogens with two attached hydrogens (primary N) is 1. The van der Waals surface area contributed by atoms with E-state index in [-0.39, 0.29) is 0 Å². The molecule has 3 N–H and O–H groups in total. The van der Waals surface area contributed by atoms with Gasteiger partial charge in [0, 0.05) is 0 Å². The Bertz CT molecular complexity index is 229. The Morgan fingerprint density at radius 2 is 2.07 bits per heavy atom. The number of nitrogens with zero attached hydrogens (tertiary/aromatic N) is 3. The lowest BCUT2D eigenvalue weighted by Gasteiger charge is -2.02. The molecule has 6 nitrogen and oxygen atoms in total. The predicted molar refractivity (Wildman–Crippen MR) is 55.0 cm³/mol. The van der Waals surface area contributed by atoms with Gasteiger partial charge in [-0.1, -0.05) is 19.8 Å². The van der Waals surface area contributed by atoms with E-state index in [1.165, 1.54) is 0 Å². The highest BCUT2D eigenvalue weighted by Crippen LogP contribution is 1.96. The van der Waals surface area contributed by atoms with E-state index in [4.69, 9.17) is 10.8 Å². The maximum atomic E-state index is 10.1. The molecule has 0 saturated heterocycles. The maximum Gasteiger partial charge on any atom is 0.320 e. The van der Waals surface area contributed by atoms with Crippen molar-refractivity contribution in [2.45, 2.75) is 32.2 Å². The average molecular weight is 212 g/mol. The Morgan fingerprint density at radius 1 is 1.47 bits per heavy atom. The minimum absolute atomic E-state index is 0.589. The van der Waals surface area contributed by atoms with E-state index in [0.29, 0.717) is 6.42 Å². The van der Waals surface area contributed by atoms with E-state index in [2.05, 4.69) is 15.4 Å². The van der Waals surface area contributed by atoms with Crippen molar-refractivity contribution in [1.82, 2.24) is 15.4 Å². The molecule has 0 spiro atoms. The van der Waals surface area contributed by atoms with Gasteiger partial charge >= 0.3 is 5.97 Å². The largest absolute Gasteiger partial charge is 0.480 e. The molecule has 0 aliphatic carbocycles. The van der Waals surface area contributed by atoms with Crippen molar-refractivity contribution in [3.63, 3.8) is 0 Å². The molecule has 0 saturated carbocycles. The van der Waals surface area contributed by atoms with Gasteiger partial charge in [0.15, 0.2) is 0 Å². The third-order valence-electron chi connectivity index (χ3n) is 1.59. The Kier molecular flexibility index (Phi) is 8.08. The number of carboxylic acid groups (broad SMARTS) is 1. The summed E-state index contributed by atoms with van der Waals surface area (Å²) in [7, 11) is 0. The molecule has 1 rings (SSSR count). The maximum absolute atomic E-state index is 10.1. The molecule has 84 valence electrons. The number of carboxylic acids is 1. The molecule has 0 aromatic carbocycles. The summed E-state index contributed by atoms with van der Waals surface area (Å²) in [6.45, 7) is 2.01. The highest BCUT2D eigenvalue weighted by atomic mass is 16.4. The smallest absolute Gasteiger partial charge is 0.320 e. The van der Waals surface area contributed by atoms with Crippen LogP contribution in [0.3, 0.4) is 0 Å². The van der Waals surface area contributed by atoms with Crippen molar-refractivity contribution in [1.29, 1.82) is 0 Å². The van der Waals surface area contributed by atoms with Crippen LogP contribution in [0.1, 0.15) is 26.2 Å². The second-order valence-corrected chi connectivity index (χ2v) is 2.90. The fourth-order valence-electron chi connectivity index (χ4n) is 0.752. The van der Waals surface area contributed by atoms with Crippen molar-refractivity contribution >= 4 is 5.97 Å². The Balaban J connectivity index is 0.000000280. The summed E-state index contributed by atoms with van der Waals surface area (Å²) >= 11 is 0. The Labute approximate surface area is 88.5 Å². The molecular weight excluding hydrogens is 196 g/mol. The van der Waals surface area contributed by atoms with E-state index in [9.17, 15) is 4.79 Å². The molecule has 1 heterocycles. The van der Waals surface area contributed by atoms with Crippen molar-refractivity contribution in [3.05, 3.63) is 18.5 Å². The summed E-state index contributed by atoms with van der Waals surface area (Å²) in [5.74, 6) is -0.900. The number of aliphatic carboxylic acids is 1. The first kappa shape index (κ1) is 13.4. The van der Waals surface area contributed by atoms with Crippen LogP contribution in [0.5, 0.6) is 0 Å². The zero-order valence-corrected chi connectivity index (χ0v) is 8.71. The van der Waals surface area contributed by atoms with Crippen LogP contribution in [0, 0.1) is 0 Å². The topological polar surface area (TPSA) is 102 Å². The van der Waals surface area contributed by atoms with Crippen LogP contribution in [0.2, 0.25) is 0 Å². The minimum atomic E-state index is -0.900. The standard InChI is InChI=1S/C6H13NO2.C3H3N3/c1-2-3-4-5(7)6(8)9;1-2-4-6-5-3-1/h5H,2-4,7H2,1H3,(H,8,9);1-3H. The van der Waals surface area contributed by atoms with Crippen LogP contribution in [-0.2, 0) is 4.79 Å². The number of aromatic nitrogens is 3. The molecule has 0 radical (unpaired) electrons. The van der Waals surface area contributed by atoms with Gasteiger partial charge in [-0.15, -0.1) is 10.2 Å². The number of hydrogen-bond donors (Lipinski definition) is 2. The van der Waals surface area contributed by atoms with Crippen LogP contribution in [0.4, 0.5) is 0 Å². The van der Waals surface area contributed by atoms with Crippen LogP contribution < -0.4 is 5.73 Å². The number of hydrogen-bond acceptors (Lipinski definition) is 5. The molecule has 0 aliphatic rings. The van der Waals surface area contributed by atoms with Gasteiger partial charge in [0.1, 0.15) is 6.04 Å². The normalized spacial score (nSPS) is 11.1. The molecule has 0 amide bonds. The summed E-state index contributed by atoms with van der Waals surface area (Å²) in [5.41, 5.74) is 5.20. The molecular formula is C9H16N4O2. The van der Waals surface area contributed by atoms with E-state index in [1.807, 2.05) is 6.92 Å². The molecule has 15 heavy (non-hydrogen) atoms. The van der Waals surface area contributed by atoms with Gasteiger partial charge in [0.2, 0.25) is 0 Å². The number of carbonyl (C=O) groups is 1. The van der Waals surface area contributed by atoms with Crippen LogP contribution in [-0.4, -0.2) is 32.5 Å². The quantitative estimate of drug-likeness (QED) is 0.751. The summed E-state index contributed by atoms with van der Waals surface area (Å²) in [6.07, 6.45) is 5.64. The fourth-order valence-corrected chi connectivity index (χ4v) is 0.752. The molecule has 6 heteroatoms. The number of rotatable bonds is 4. The molecule has 1 unspecified atom stereocenters. The van der Waals surface area contributed by atoms with Gasteiger partial charge in [-0.05, 0) is 17.7 Å². The fraction of sp³-hybridized carbons (Fsp3) is 0.556. The zero-order chi connectivity index (χ0) is 11.5. The summed E-state index contributed by atoms with van der Waals surface area (Å²) < 4.78 is 0. The second-order valence-electron chi connectivity index (χ2n) is 2.90. The highest BCUT2D eigenvalue weighted by molar-refractivity contribution is 5.72. The molecule has 0 bridgehead atoms. The highest BCUT2D eigenvalue weighted by Gasteiger charge is 2.08. The van der Waals surface area contributed by atoms with Crippen LogP contribution in [0.15, 0.2) is 18.5 Å². The Hall–Kier alpha value is -1.56. The SMILES string of the molecule is CCCCC(N)C(=O)O.c1cnnnc1. The van der Waals surface area contributed by atoms with Gasteiger partial charge in [0.05, 0.1) is 12.4 Å². The molecule has 1 aromatic rings. The average Bonchev–Trinajstić information content (AvgIpc) is 2.29. The third-order valence-corrected chi connectivity index (χ3v) is 1.59. The van der Waals surface area contributed by atoms with E-state index in [1.54, 1.807) is 18.5 Å². The van der Waals surface area contributed by atoms with Gasteiger partial charge in [-0.3, -0.25) is 4.79 Å². The van der Waals surface area contributed by atoms with Gasteiger partial charge in [0.25, 0.3) is 0 Å². The van der Waals surface area contributed by atoms with Crippen molar-refractivity contribution in [3.8, 4) is 0 Å². The predicted octanol–water partition coefficient (Wildman–Crippen LogP) is 0.460. The second kappa shape index (κ2) is 9.01. The van der Waals surface area contributed by atoms with Gasteiger partial charge in [-0.25, -0.2) is 0 Å². The first-order valence-corrected chi connectivity index (χ1v) is 4.75. The van der Waals surface area contributed by atoms with Crippen LogP contribution >= 0.6 is 0 Å². The summed E-state index contributed by atoms with van der Waals surface area (Å²) in [4.78, 5) is 10.1. The zero-order valence-electron chi connectivity index (χ0n) is 8.71. The lowest BCUT2D eigenvalue weighted by Crippen LogP contribution is -2.29. The summed E-state index contributed by atoms with van der Waals surface area (Å²) in [5, 5.41) is 18.4. The Morgan fingerprint density at radius 3 is 2.33 bits per heavy atom. The van der Waals surface area contributed by atoms with Crippen molar-refractivity contribution in [2.75, 3.05) is 0 Å². The lowest BCUT2D eigenvalue weighted by atomic mass is 10.1. The third kappa shape index (κ3) is 8.76. The van der Waals surface area contributed by atoms with E-state index < -0.39 is 12.0 Å². The summed E-state index contributed by atoms with van der Waals surface area (Å²) in [6, 6.07) is 1.05. The first-order chi connectivity index (χ1) is 7.18. The molecule has 1 atom stereocenters. The van der Waals surface area contributed by atoms with Crippen molar-refractivity contribution < 1.29 is 9.90 Å². The van der Waals surface area contributed by atoms with Crippen molar-refractivity contribution in [2.24, 2.45) is 5.73 Å². The molecule has 1 aromatic heterocycles. The molecule has 0 fully saturated rings. The van der Waals surface area contributed by atoms with E-state index in [0.717, 1.165) is 12.8 Å². The van der Waals surface area contributed by atoms with Crippen LogP contribution in [0.25, 0.3) is 0 Å². The number of unbranched alkanes of at least 4 members (excludes halogenated alkanes) is 1. The lowest BCUT2D eigenvalue weighted by molar-refractivity contribution is -0.138. The molecule has 0 aliphatic heterocycles. The monoisotopic (exact) mass is 212 g/mol. The van der Waals surface area contributed by atoms with Gasteiger partial charge < -0.3 is 10.8 Å². The van der Waals surface area contributed by atoms with E-state index >= 15 is 0 Å². The first-order valence-electron chi connectivity index (χ1n) is 4.75.